The summed E-state index contributed by atoms with van der Waals surface area (Å²) in [6.07, 6.45) is 3.21. The summed E-state index contributed by atoms with van der Waals surface area (Å²) in [4.78, 5) is 19.7. The van der Waals surface area contributed by atoms with Gasteiger partial charge in [-0.2, -0.15) is 4.98 Å². The minimum atomic E-state index is -0.249. The standard InChI is InChI=1S/C11H12ClN5O2/c1-13-10-8(12)4-7(5-15-10)11(18)14-3-2-9-16-6-19-17-9/h4-6H,2-3H2,1H3,(H,13,15)(H,14,18). The van der Waals surface area contributed by atoms with E-state index in [0.717, 1.165) is 0 Å². The molecule has 0 aliphatic rings. The maximum atomic E-state index is 11.8. The zero-order chi connectivity index (χ0) is 13.7. The highest BCUT2D eigenvalue weighted by atomic mass is 35.5. The lowest BCUT2D eigenvalue weighted by atomic mass is 10.2. The van der Waals surface area contributed by atoms with Crippen LogP contribution >= 0.6 is 11.6 Å². The van der Waals surface area contributed by atoms with Crippen LogP contribution in [0.25, 0.3) is 0 Å². The molecule has 2 heterocycles. The molecule has 0 saturated heterocycles. The van der Waals surface area contributed by atoms with Gasteiger partial charge in [0.2, 0.25) is 6.39 Å². The summed E-state index contributed by atoms with van der Waals surface area (Å²) in [6, 6.07) is 1.56. The molecule has 0 unspecified atom stereocenters. The molecule has 0 aliphatic heterocycles. The third kappa shape index (κ3) is 3.41. The Morgan fingerprint density at radius 2 is 2.32 bits per heavy atom. The SMILES string of the molecule is CNc1ncc(C(=O)NCCc2ncon2)cc1Cl. The average molecular weight is 282 g/mol. The Kier molecular flexibility index (Phi) is 4.30. The quantitative estimate of drug-likeness (QED) is 0.853. The van der Waals surface area contributed by atoms with Gasteiger partial charge in [-0.3, -0.25) is 4.79 Å². The number of nitrogens with zero attached hydrogens (tertiary/aromatic N) is 3. The van der Waals surface area contributed by atoms with Gasteiger partial charge < -0.3 is 15.2 Å². The van der Waals surface area contributed by atoms with E-state index >= 15 is 0 Å². The predicted molar refractivity (Wildman–Crippen MR) is 69.1 cm³/mol. The number of hydrogen-bond acceptors (Lipinski definition) is 6. The first-order chi connectivity index (χ1) is 9.20. The Morgan fingerprint density at radius 3 is 2.95 bits per heavy atom. The van der Waals surface area contributed by atoms with E-state index in [9.17, 15) is 4.79 Å². The molecule has 0 saturated carbocycles. The first-order valence-electron chi connectivity index (χ1n) is 5.57. The van der Waals surface area contributed by atoms with E-state index in [-0.39, 0.29) is 5.91 Å². The summed E-state index contributed by atoms with van der Waals surface area (Å²) in [7, 11) is 1.71. The van der Waals surface area contributed by atoms with Crippen molar-refractivity contribution < 1.29 is 9.32 Å². The summed E-state index contributed by atoms with van der Waals surface area (Å²) in [6.45, 7) is 0.407. The number of anilines is 1. The van der Waals surface area contributed by atoms with E-state index in [1.165, 1.54) is 12.6 Å². The molecule has 19 heavy (non-hydrogen) atoms. The minimum absolute atomic E-state index is 0.249. The lowest BCUT2D eigenvalue weighted by Gasteiger charge is -2.06. The molecule has 0 radical (unpaired) electrons. The molecule has 0 bridgehead atoms. The van der Waals surface area contributed by atoms with Gasteiger partial charge in [0, 0.05) is 26.2 Å². The normalized spacial score (nSPS) is 10.2. The Hall–Kier alpha value is -2.15. The first-order valence-corrected chi connectivity index (χ1v) is 5.95. The van der Waals surface area contributed by atoms with Crippen LogP contribution in [0.15, 0.2) is 23.2 Å². The second-order valence-corrected chi connectivity index (χ2v) is 4.06. The van der Waals surface area contributed by atoms with Crippen molar-refractivity contribution in [1.82, 2.24) is 20.4 Å². The molecule has 2 rings (SSSR count). The summed E-state index contributed by atoms with van der Waals surface area (Å²) in [5, 5.41) is 9.58. The number of hydrogen-bond donors (Lipinski definition) is 2. The summed E-state index contributed by atoms with van der Waals surface area (Å²) in [5.74, 6) is 0.826. The van der Waals surface area contributed by atoms with Crippen molar-refractivity contribution in [3.8, 4) is 0 Å². The molecule has 0 atom stereocenters. The van der Waals surface area contributed by atoms with Crippen LogP contribution in [0.3, 0.4) is 0 Å². The van der Waals surface area contributed by atoms with Crippen molar-refractivity contribution in [2.24, 2.45) is 0 Å². The number of pyridine rings is 1. The third-order valence-corrected chi connectivity index (χ3v) is 2.67. The van der Waals surface area contributed by atoms with E-state index in [1.807, 2.05) is 0 Å². The average Bonchev–Trinajstić information content (AvgIpc) is 2.91. The number of amides is 1. The number of nitrogens with one attached hydrogen (secondary N) is 2. The molecule has 0 spiro atoms. The van der Waals surface area contributed by atoms with Crippen LogP contribution in [0.1, 0.15) is 16.2 Å². The molecule has 2 aromatic heterocycles. The van der Waals surface area contributed by atoms with Crippen molar-refractivity contribution in [3.63, 3.8) is 0 Å². The van der Waals surface area contributed by atoms with Gasteiger partial charge in [-0.1, -0.05) is 16.8 Å². The molecule has 100 valence electrons. The summed E-state index contributed by atoms with van der Waals surface area (Å²) < 4.78 is 4.59. The van der Waals surface area contributed by atoms with Gasteiger partial charge in [-0.05, 0) is 6.07 Å². The zero-order valence-corrected chi connectivity index (χ0v) is 10.9. The topological polar surface area (TPSA) is 92.9 Å². The van der Waals surface area contributed by atoms with Gasteiger partial charge in [0.25, 0.3) is 5.91 Å². The lowest BCUT2D eigenvalue weighted by Crippen LogP contribution is -2.26. The van der Waals surface area contributed by atoms with Crippen molar-refractivity contribution in [2.75, 3.05) is 18.9 Å². The van der Waals surface area contributed by atoms with Crippen LogP contribution in [0.5, 0.6) is 0 Å². The van der Waals surface area contributed by atoms with Crippen LogP contribution in [-0.4, -0.2) is 34.6 Å². The van der Waals surface area contributed by atoms with E-state index in [2.05, 4.69) is 30.3 Å². The van der Waals surface area contributed by atoms with Crippen LogP contribution in [0.2, 0.25) is 5.02 Å². The van der Waals surface area contributed by atoms with Crippen molar-refractivity contribution >= 4 is 23.3 Å². The Balaban J connectivity index is 1.91. The second kappa shape index (κ2) is 6.14. The van der Waals surface area contributed by atoms with Crippen LogP contribution < -0.4 is 10.6 Å². The maximum absolute atomic E-state index is 11.8. The van der Waals surface area contributed by atoms with Crippen molar-refractivity contribution in [2.45, 2.75) is 6.42 Å². The first kappa shape index (κ1) is 13.3. The molecule has 2 aromatic rings. The maximum Gasteiger partial charge on any atom is 0.252 e. The zero-order valence-electron chi connectivity index (χ0n) is 10.2. The van der Waals surface area contributed by atoms with Gasteiger partial charge in [0.15, 0.2) is 5.82 Å². The van der Waals surface area contributed by atoms with Crippen molar-refractivity contribution in [1.29, 1.82) is 0 Å². The molecule has 0 aliphatic carbocycles. The van der Waals surface area contributed by atoms with Gasteiger partial charge in [0.05, 0.1) is 10.6 Å². The number of carbonyl (C=O) groups is 1. The fourth-order valence-electron chi connectivity index (χ4n) is 1.44. The van der Waals surface area contributed by atoms with Gasteiger partial charge in [0.1, 0.15) is 5.82 Å². The fraction of sp³-hybridized carbons (Fsp3) is 0.273. The van der Waals surface area contributed by atoms with Gasteiger partial charge >= 0.3 is 0 Å². The monoisotopic (exact) mass is 281 g/mol. The Morgan fingerprint density at radius 1 is 1.47 bits per heavy atom. The molecular weight excluding hydrogens is 270 g/mol. The number of halogens is 1. The lowest BCUT2D eigenvalue weighted by molar-refractivity contribution is 0.0953. The third-order valence-electron chi connectivity index (χ3n) is 2.38. The van der Waals surface area contributed by atoms with Gasteiger partial charge in [-0.15, -0.1) is 0 Å². The summed E-state index contributed by atoms with van der Waals surface area (Å²) >= 11 is 5.95. The van der Waals surface area contributed by atoms with E-state index in [1.54, 1.807) is 13.1 Å². The van der Waals surface area contributed by atoms with E-state index in [0.29, 0.717) is 35.2 Å². The molecule has 7 nitrogen and oxygen atoms in total. The van der Waals surface area contributed by atoms with E-state index < -0.39 is 0 Å². The molecule has 8 heteroatoms. The molecule has 1 amide bonds. The number of rotatable bonds is 5. The van der Waals surface area contributed by atoms with E-state index in [4.69, 9.17) is 11.6 Å². The second-order valence-electron chi connectivity index (χ2n) is 3.66. The molecular formula is C11H12ClN5O2. The Bertz CT molecular complexity index is 558. The van der Waals surface area contributed by atoms with Crippen molar-refractivity contribution in [3.05, 3.63) is 35.1 Å². The van der Waals surface area contributed by atoms with Gasteiger partial charge in [-0.25, -0.2) is 4.98 Å². The van der Waals surface area contributed by atoms with Crippen LogP contribution in [0.4, 0.5) is 5.82 Å². The highest BCUT2D eigenvalue weighted by molar-refractivity contribution is 6.33. The number of carbonyl (C=O) groups excluding carboxylic acids is 1. The fourth-order valence-corrected chi connectivity index (χ4v) is 1.70. The Labute approximate surface area is 114 Å². The highest BCUT2D eigenvalue weighted by Gasteiger charge is 2.09. The van der Waals surface area contributed by atoms with Crippen LogP contribution in [-0.2, 0) is 6.42 Å². The molecule has 2 N–H and O–H groups in total. The molecule has 0 aromatic carbocycles. The summed E-state index contributed by atoms with van der Waals surface area (Å²) in [5.41, 5.74) is 0.400. The predicted octanol–water partition coefficient (Wildman–Crippen LogP) is 1.13. The molecule has 0 fully saturated rings. The number of aromatic nitrogens is 3. The van der Waals surface area contributed by atoms with Crippen LogP contribution in [0, 0.1) is 0 Å². The minimum Gasteiger partial charge on any atom is -0.372 e. The highest BCUT2D eigenvalue weighted by Crippen LogP contribution is 2.19. The smallest absolute Gasteiger partial charge is 0.252 e. The largest absolute Gasteiger partial charge is 0.372 e.